The molecule has 2 N–H and O–H groups in total. The summed E-state index contributed by atoms with van der Waals surface area (Å²) in [6.07, 6.45) is 1.56. The number of amides is 2. The predicted molar refractivity (Wildman–Crippen MR) is 121 cm³/mol. The van der Waals surface area contributed by atoms with Gasteiger partial charge in [-0.25, -0.2) is 9.59 Å². The fourth-order valence-electron chi connectivity index (χ4n) is 4.51. The summed E-state index contributed by atoms with van der Waals surface area (Å²) >= 11 is 0. The Balaban J connectivity index is 1.57. The van der Waals surface area contributed by atoms with Gasteiger partial charge in [-0.1, -0.05) is 12.1 Å². The van der Waals surface area contributed by atoms with Crippen molar-refractivity contribution in [1.29, 1.82) is 0 Å². The molecule has 3 aliphatic heterocycles. The number of likely N-dealkylation sites (tertiary alicyclic amines) is 1. The van der Waals surface area contributed by atoms with Crippen molar-refractivity contribution in [3.8, 4) is 5.75 Å². The van der Waals surface area contributed by atoms with E-state index >= 15 is 0 Å². The lowest BCUT2D eigenvalue weighted by Gasteiger charge is -2.39. The van der Waals surface area contributed by atoms with Gasteiger partial charge < -0.3 is 29.6 Å². The van der Waals surface area contributed by atoms with Crippen LogP contribution in [0.4, 0.5) is 4.79 Å². The van der Waals surface area contributed by atoms with Crippen molar-refractivity contribution >= 4 is 12.0 Å². The minimum absolute atomic E-state index is 0.0553. The number of urea groups is 1. The van der Waals surface area contributed by atoms with E-state index in [4.69, 9.17) is 18.9 Å². The number of nitrogens with zero attached hydrogens (tertiary/aromatic N) is 1. The van der Waals surface area contributed by atoms with Crippen LogP contribution in [-0.2, 0) is 19.0 Å². The van der Waals surface area contributed by atoms with Crippen LogP contribution in [0.1, 0.15) is 45.2 Å². The first-order valence-corrected chi connectivity index (χ1v) is 11.6. The first kappa shape index (κ1) is 23.5. The average molecular weight is 460 g/mol. The van der Waals surface area contributed by atoms with Gasteiger partial charge in [0.25, 0.3) is 0 Å². The maximum atomic E-state index is 13.0. The lowest BCUT2D eigenvalue weighted by Crippen LogP contribution is -2.51. The van der Waals surface area contributed by atoms with Gasteiger partial charge >= 0.3 is 12.0 Å². The van der Waals surface area contributed by atoms with E-state index in [1.54, 1.807) is 6.92 Å². The maximum Gasteiger partial charge on any atom is 0.338 e. The molecule has 0 saturated carbocycles. The summed E-state index contributed by atoms with van der Waals surface area (Å²) in [6, 6.07) is 6.46. The van der Waals surface area contributed by atoms with Crippen LogP contribution in [0.5, 0.6) is 5.75 Å². The zero-order chi connectivity index (χ0) is 23.4. The van der Waals surface area contributed by atoms with Crippen LogP contribution in [0, 0.1) is 0 Å². The van der Waals surface area contributed by atoms with Crippen LogP contribution in [0.15, 0.2) is 35.5 Å². The number of benzene rings is 1. The molecule has 0 radical (unpaired) electrons. The highest BCUT2D eigenvalue weighted by Gasteiger charge is 2.41. The van der Waals surface area contributed by atoms with Gasteiger partial charge in [0.1, 0.15) is 5.75 Å². The van der Waals surface area contributed by atoms with Crippen LogP contribution in [0.2, 0.25) is 0 Å². The van der Waals surface area contributed by atoms with Gasteiger partial charge in [0.15, 0.2) is 5.79 Å². The Morgan fingerprint density at radius 2 is 1.85 bits per heavy atom. The van der Waals surface area contributed by atoms with Gasteiger partial charge in [0.05, 0.1) is 37.5 Å². The summed E-state index contributed by atoms with van der Waals surface area (Å²) < 4.78 is 22.7. The fraction of sp³-hybridized carbons (Fsp3) is 0.583. The molecule has 9 heteroatoms. The predicted octanol–water partition coefficient (Wildman–Crippen LogP) is 2.48. The standard InChI is InChI=1S/C24H33N3O6/c1-4-30-22(28)20-19(15-27-11-9-24(10-12-27)31-13-14-32-24)25-23(29)26-21(20)17-5-7-18(8-6-17)33-16(2)3/h5-8,16,21H,4,9-15H2,1-3H3,(H2,25,26,29)/t21-/m1/s1. The number of hydrogen-bond donors (Lipinski definition) is 2. The molecule has 2 amide bonds. The van der Waals surface area contributed by atoms with Crippen molar-refractivity contribution in [2.75, 3.05) is 39.5 Å². The molecule has 2 fully saturated rings. The molecule has 0 aromatic heterocycles. The SMILES string of the molecule is CCOC(=O)C1=C(CN2CCC3(CC2)OCCO3)NC(=O)N[C@@H]1c1ccc(OC(C)C)cc1. The highest BCUT2D eigenvalue weighted by molar-refractivity contribution is 5.95. The monoisotopic (exact) mass is 459 g/mol. The Kier molecular flexibility index (Phi) is 7.21. The summed E-state index contributed by atoms with van der Waals surface area (Å²) in [5.41, 5.74) is 1.77. The number of rotatable bonds is 7. The van der Waals surface area contributed by atoms with Gasteiger partial charge in [-0.05, 0) is 38.5 Å². The Morgan fingerprint density at radius 3 is 2.45 bits per heavy atom. The molecular weight excluding hydrogens is 426 g/mol. The summed E-state index contributed by atoms with van der Waals surface area (Å²) in [6.45, 7) is 9.12. The van der Waals surface area contributed by atoms with E-state index in [1.165, 1.54) is 0 Å². The van der Waals surface area contributed by atoms with Crippen molar-refractivity contribution in [2.24, 2.45) is 0 Å². The third kappa shape index (κ3) is 5.48. The first-order chi connectivity index (χ1) is 15.9. The summed E-state index contributed by atoms with van der Waals surface area (Å²) in [4.78, 5) is 27.8. The molecule has 1 atom stereocenters. The fourth-order valence-corrected chi connectivity index (χ4v) is 4.51. The molecule has 0 bridgehead atoms. The highest BCUT2D eigenvalue weighted by Crippen LogP contribution is 2.33. The number of carbonyl (C=O) groups excluding carboxylic acids is 2. The topological polar surface area (TPSA) is 98.4 Å². The molecule has 33 heavy (non-hydrogen) atoms. The molecule has 2 saturated heterocycles. The summed E-state index contributed by atoms with van der Waals surface area (Å²) in [7, 11) is 0. The minimum Gasteiger partial charge on any atom is -0.491 e. The Hall–Kier alpha value is -2.62. The third-order valence-electron chi connectivity index (χ3n) is 6.05. The smallest absolute Gasteiger partial charge is 0.338 e. The van der Waals surface area contributed by atoms with Crippen molar-refractivity contribution < 1.29 is 28.5 Å². The van der Waals surface area contributed by atoms with Crippen LogP contribution >= 0.6 is 0 Å². The lowest BCUT2D eigenvalue weighted by molar-refractivity contribution is -0.184. The normalized spacial score (nSPS) is 22.9. The molecule has 9 nitrogen and oxygen atoms in total. The van der Waals surface area contributed by atoms with E-state index in [0.717, 1.165) is 37.2 Å². The van der Waals surface area contributed by atoms with Crippen molar-refractivity contribution in [3.63, 3.8) is 0 Å². The third-order valence-corrected chi connectivity index (χ3v) is 6.05. The number of esters is 1. The number of nitrogens with one attached hydrogen (secondary N) is 2. The van der Waals surface area contributed by atoms with Crippen molar-refractivity contribution in [3.05, 3.63) is 41.1 Å². The Labute approximate surface area is 194 Å². The molecule has 1 spiro atoms. The van der Waals surface area contributed by atoms with Crippen LogP contribution < -0.4 is 15.4 Å². The molecule has 1 aromatic carbocycles. The van der Waals surface area contributed by atoms with E-state index in [1.807, 2.05) is 38.1 Å². The first-order valence-electron chi connectivity index (χ1n) is 11.6. The second kappa shape index (κ2) is 10.1. The largest absolute Gasteiger partial charge is 0.491 e. The van der Waals surface area contributed by atoms with Gasteiger partial charge in [-0.3, -0.25) is 4.90 Å². The van der Waals surface area contributed by atoms with Crippen molar-refractivity contribution in [2.45, 2.75) is 51.5 Å². The molecule has 0 unspecified atom stereocenters. The number of piperidine rings is 1. The van der Waals surface area contributed by atoms with E-state index < -0.39 is 17.8 Å². The quantitative estimate of drug-likeness (QED) is 0.605. The summed E-state index contributed by atoms with van der Waals surface area (Å²) in [5, 5.41) is 5.73. The second-order valence-electron chi connectivity index (χ2n) is 8.76. The van der Waals surface area contributed by atoms with E-state index in [9.17, 15) is 9.59 Å². The molecule has 0 aliphatic carbocycles. The van der Waals surface area contributed by atoms with E-state index in [-0.39, 0.29) is 18.7 Å². The Morgan fingerprint density at radius 1 is 1.18 bits per heavy atom. The number of ether oxygens (including phenoxy) is 4. The molecule has 3 aliphatic rings. The molecular formula is C24H33N3O6. The zero-order valence-electron chi connectivity index (χ0n) is 19.5. The summed E-state index contributed by atoms with van der Waals surface area (Å²) in [5.74, 6) is -0.188. The maximum absolute atomic E-state index is 13.0. The van der Waals surface area contributed by atoms with Crippen LogP contribution in [0.25, 0.3) is 0 Å². The average Bonchev–Trinajstić information content (AvgIpc) is 3.23. The molecule has 1 aromatic rings. The van der Waals surface area contributed by atoms with E-state index in [2.05, 4.69) is 15.5 Å². The van der Waals surface area contributed by atoms with Gasteiger partial charge in [0.2, 0.25) is 0 Å². The van der Waals surface area contributed by atoms with E-state index in [0.29, 0.717) is 31.0 Å². The number of hydrogen-bond acceptors (Lipinski definition) is 7. The number of carbonyl (C=O) groups is 2. The van der Waals surface area contributed by atoms with Crippen molar-refractivity contribution in [1.82, 2.24) is 15.5 Å². The minimum atomic E-state index is -0.612. The molecule has 180 valence electrons. The van der Waals surface area contributed by atoms with Gasteiger partial charge in [-0.2, -0.15) is 0 Å². The molecule has 3 heterocycles. The van der Waals surface area contributed by atoms with Crippen LogP contribution in [0.3, 0.4) is 0 Å². The van der Waals surface area contributed by atoms with Gasteiger partial charge in [0, 0.05) is 38.2 Å². The highest BCUT2D eigenvalue weighted by atomic mass is 16.7. The Bertz CT molecular complexity index is 882. The van der Waals surface area contributed by atoms with Gasteiger partial charge in [-0.15, -0.1) is 0 Å². The molecule has 4 rings (SSSR count). The second-order valence-corrected chi connectivity index (χ2v) is 8.76. The van der Waals surface area contributed by atoms with Crippen LogP contribution in [-0.4, -0.2) is 68.2 Å². The zero-order valence-corrected chi connectivity index (χ0v) is 19.5. The lowest BCUT2D eigenvalue weighted by atomic mass is 9.94.